The lowest BCUT2D eigenvalue weighted by Crippen LogP contribution is -2.34. The standard InChI is InChI=1S/C13H17NO2/c1-11(10-16-2)14-13(15)9-8-12-6-4-3-5-7-12/h3-9,11H,10H2,1-2H3,(H,14,15)/b9-8+. The van der Waals surface area contributed by atoms with Gasteiger partial charge in [0.1, 0.15) is 0 Å². The summed E-state index contributed by atoms with van der Waals surface area (Å²) in [6, 6.07) is 9.73. The number of ether oxygens (including phenoxy) is 1. The third-order valence-corrected chi connectivity index (χ3v) is 2.03. The van der Waals surface area contributed by atoms with Crippen LogP contribution in [0.3, 0.4) is 0 Å². The Morgan fingerprint density at radius 1 is 1.44 bits per heavy atom. The summed E-state index contributed by atoms with van der Waals surface area (Å²) >= 11 is 0. The Bertz CT molecular complexity index is 346. The molecule has 0 aliphatic heterocycles. The molecule has 3 heteroatoms. The lowest BCUT2D eigenvalue weighted by atomic mass is 10.2. The maximum absolute atomic E-state index is 11.4. The molecule has 1 atom stereocenters. The highest BCUT2D eigenvalue weighted by atomic mass is 16.5. The summed E-state index contributed by atoms with van der Waals surface area (Å²) in [5, 5.41) is 2.80. The monoisotopic (exact) mass is 219 g/mol. The number of amides is 1. The van der Waals surface area contributed by atoms with Gasteiger partial charge in [0.05, 0.1) is 6.61 Å². The van der Waals surface area contributed by atoms with Crippen molar-refractivity contribution in [3.8, 4) is 0 Å². The predicted molar refractivity (Wildman–Crippen MR) is 65.0 cm³/mol. The molecule has 0 fully saturated rings. The van der Waals surface area contributed by atoms with Gasteiger partial charge in [-0.15, -0.1) is 0 Å². The van der Waals surface area contributed by atoms with Crippen LogP contribution in [-0.4, -0.2) is 25.7 Å². The number of methoxy groups -OCH3 is 1. The highest BCUT2D eigenvalue weighted by Crippen LogP contribution is 2.00. The van der Waals surface area contributed by atoms with Crippen LogP contribution in [0.4, 0.5) is 0 Å². The van der Waals surface area contributed by atoms with Gasteiger partial charge in [0.15, 0.2) is 0 Å². The van der Waals surface area contributed by atoms with E-state index in [4.69, 9.17) is 4.74 Å². The first kappa shape index (κ1) is 12.5. The van der Waals surface area contributed by atoms with Crippen molar-refractivity contribution < 1.29 is 9.53 Å². The summed E-state index contributed by atoms with van der Waals surface area (Å²) in [4.78, 5) is 11.4. The minimum absolute atomic E-state index is 0.0259. The van der Waals surface area contributed by atoms with Crippen molar-refractivity contribution in [2.45, 2.75) is 13.0 Å². The second kappa shape index (κ2) is 6.80. The van der Waals surface area contributed by atoms with E-state index in [1.54, 1.807) is 13.2 Å². The molecule has 1 aromatic carbocycles. The van der Waals surface area contributed by atoms with Crippen LogP contribution in [0, 0.1) is 0 Å². The van der Waals surface area contributed by atoms with E-state index in [2.05, 4.69) is 5.32 Å². The summed E-state index contributed by atoms with van der Waals surface area (Å²) in [7, 11) is 1.61. The topological polar surface area (TPSA) is 38.3 Å². The van der Waals surface area contributed by atoms with E-state index < -0.39 is 0 Å². The molecule has 0 aliphatic carbocycles. The highest BCUT2D eigenvalue weighted by Gasteiger charge is 2.02. The largest absolute Gasteiger partial charge is 0.383 e. The molecule has 0 aromatic heterocycles. The molecule has 0 saturated carbocycles. The molecule has 3 nitrogen and oxygen atoms in total. The molecule has 0 spiro atoms. The summed E-state index contributed by atoms with van der Waals surface area (Å²) < 4.78 is 4.93. The molecule has 0 saturated heterocycles. The molecule has 1 rings (SSSR count). The molecule has 1 amide bonds. The minimum atomic E-state index is -0.103. The quantitative estimate of drug-likeness (QED) is 0.767. The minimum Gasteiger partial charge on any atom is -0.383 e. The van der Waals surface area contributed by atoms with Crippen molar-refractivity contribution in [3.05, 3.63) is 42.0 Å². The summed E-state index contributed by atoms with van der Waals surface area (Å²) in [5.74, 6) is -0.103. The Morgan fingerprint density at radius 2 is 2.12 bits per heavy atom. The van der Waals surface area contributed by atoms with E-state index in [0.717, 1.165) is 5.56 Å². The van der Waals surface area contributed by atoms with Gasteiger partial charge in [0.25, 0.3) is 0 Å². The first-order valence-corrected chi connectivity index (χ1v) is 5.25. The molecule has 86 valence electrons. The maximum Gasteiger partial charge on any atom is 0.244 e. The summed E-state index contributed by atoms with van der Waals surface area (Å²) in [6.45, 7) is 2.42. The van der Waals surface area contributed by atoms with Crippen molar-refractivity contribution in [2.75, 3.05) is 13.7 Å². The number of nitrogens with one attached hydrogen (secondary N) is 1. The van der Waals surface area contributed by atoms with E-state index in [9.17, 15) is 4.79 Å². The van der Waals surface area contributed by atoms with E-state index in [0.29, 0.717) is 6.61 Å². The van der Waals surface area contributed by atoms with Crippen LogP contribution in [0.15, 0.2) is 36.4 Å². The maximum atomic E-state index is 11.4. The SMILES string of the molecule is COCC(C)NC(=O)/C=C/c1ccccc1. The average Bonchev–Trinajstić information content (AvgIpc) is 2.28. The van der Waals surface area contributed by atoms with Gasteiger partial charge in [-0.1, -0.05) is 30.3 Å². The number of carbonyl (C=O) groups excluding carboxylic acids is 1. The fraction of sp³-hybridized carbons (Fsp3) is 0.308. The number of benzene rings is 1. The Hall–Kier alpha value is -1.61. The van der Waals surface area contributed by atoms with Crippen molar-refractivity contribution in [1.29, 1.82) is 0 Å². The smallest absolute Gasteiger partial charge is 0.244 e. The molecule has 0 aliphatic rings. The molecule has 0 bridgehead atoms. The first-order valence-electron chi connectivity index (χ1n) is 5.25. The zero-order chi connectivity index (χ0) is 11.8. The van der Waals surface area contributed by atoms with Crippen molar-refractivity contribution >= 4 is 12.0 Å². The molecule has 1 aromatic rings. The Morgan fingerprint density at radius 3 is 2.75 bits per heavy atom. The Kier molecular flexibility index (Phi) is 5.29. The van der Waals surface area contributed by atoms with E-state index >= 15 is 0 Å². The molecule has 0 heterocycles. The van der Waals surface area contributed by atoms with Crippen LogP contribution in [0.2, 0.25) is 0 Å². The van der Waals surface area contributed by atoms with Crippen LogP contribution >= 0.6 is 0 Å². The van der Waals surface area contributed by atoms with Crippen LogP contribution in [0.1, 0.15) is 12.5 Å². The van der Waals surface area contributed by atoms with Gasteiger partial charge in [-0.3, -0.25) is 4.79 Å². The second-order valence-corrected chi connectivity index (χ2v) is 3.61. The predicted octanol–water partition coefficient (Wildman–Crippen LogP) is 1.85. The highest BCUT2D eigenvalue weighted by molar-refractivity contribution is 5.91. The van der Waals surface area contributed by atoms with Gasteiger partial charge in [-0.05, 0) is 18.6 Å². The number of rotatable bonds is 5. The normalized spacial score (nSPS) is 12.6. The summed E-state index contributed by atoms with van der Waals surface area (Å²) in [6.07, 6.45) is 3.32. The van der Waals surface area contributed by atoms with E-state index in [-0.39, 0.29) is 11.9 Å². The van der Waals surface area contributed by atoms with Gasteiger partial charge >= 0.3 is 0 Å². The van der Waals surface area contributed by atoms with Crippen molar-refractivity contribution in [1.82, 2.24) is 5.32 Å². The van der Waals surface area contributed by atoms with E-state index in [1.807, 2.05) is 37.3 Å². The fourth-order valence-corrected chi connectivity index (χ4v) is 1.32. The molecule has 16 heavy (non-hydrogen) atoms. The number of hydrogen-bond acceptors (Lipinski definition) is 2. The molecular weight excluding hydrogens is 202 g/mol. The number of carbonyl (C=O) groups is 1. The van der Waals surface area contributed by atoms with Crippen LogP contribution in [0.5, 0.6) is 0 Å². The molecule has 0 radical (unpaired) electrons. The lowest BCUT2D eigenvalue weighted by Gasteiger charge is -2.10. The van der Waals surface area contributed by atoms with Gasteiger partial charge in [0, 0.05) is 19.2 Å². The lowest BCUT2D eigenvalue weighted by molar-refractivity contribution is -0.117. The van der Waals surface area contributed by atoms with Gasteiger partial charge in [0.2, 0.25) is 5.91 Å². The zero-order valence-corrected chi connectivity index (χ0v) is 9.64. The van der Waals surface area contributed by atoms with Crippen LogP contribution < -0.4 is 5.32 Å². The Labute approximate surface area is 96.1 Å². The second-order valence-electron chi connectivity index (χ2n) is 3.61. The average molecular weight is 219 g/mol. The molecule has 1 unspecified atom stereocenters. The van der Waals surface area contributed by atoms with Gasteiger partial charge in [-0.2, -0.15) is 0 Å². The fourth-order valence-electron chi connectivity index (χ4n) is 1.32. The molecule has 1 N–H and O–H groups in total. The van der Waals surface area contributed by atoms with E-state index in [1.165, 1.54) is 6.08 Å². The van der Waals surface area contributed by atoms with Crippen molar-refractivity contribution in [2.24, 2.45) is 0 Å². The molecular formula is C13H17NO2. The third-order valence-electron chi connectivity index (χ3n) is 2.03. The van der Waals surface area contributed by atoms with Gasteiger partial charge in [-0.25, -0.2) is 0 Å². The summed E-state index contributed by atoms with van der Waals surface area (Å²) in [5.41, 5.74) is 1.01. The van der Waals surface area contributed by atoms with Crippen molar-refractivity contribution in [3.63, 3.8) is 0 Å². The Balaban J connectivity index is 2.42. The third kappa shape index (κ3) is 4.75. The van der Waals surface area contributed by atoms with Crippen LogP contribution in [0.25, 0.3) is 6.08 Å². The first-order chi connectivity index (χ1) is 7.72. The zero-order valence-electron chi connectivity index (χ0n) is 9.64. The van der Waals surface area contributed by atoms with Gasteiger partial charge < -0.3 is 10.1 Å². The van der Waals surface area contributed by atoms with Crippen LogP contribution in [-0.2, 0) is 9.53 Å². The number of hydrogen-bond donors (Lipinski definition) is 1.